The van der Waals surface area contributed by atoms with Crippen molar-refractivity contribution in [1.82, 2.24) is 19.7 Å². The van der Waals surface area contributed by atoms with Gasteiger partial charge < -0.3 is 4.74 Å². The molecule has 0 saturated carbocycles. The fraction of sp³-hybridized carbons (Fsp3) is 0.300. The van der Waals surface area contributed by atoms with E-state index < -0.39 is 23.6 Å². The molecule has 0 atom stereocenters. The van der Waals surface area contributed by atoms with Crippen LogP contribution < -0.4 is 4.74 Å². The molecular weight excluding hydrogens is 268 g/mol. The van der Waals surface area contributed by atoms with Crippen LogP contribution in [-0.2, 0) is 13.2 Å². The van der Waals surface area contributed by atoms with Gasteiger partial charge in [0.15, 0.2) is 11.4 Å². The van der Waals surface area contributed by atoms with E-state index >= 15 is 0 Å². The van der Waals surface area contributed by atoms with E-state index in [2.05, 4.69) is 19.8 Å². The predicted molar refractivity (Wildman–Crippen MR) is 55.7 cm³/mol. The molecule has 0 spiro atoms. The van der Waals surface area contributed by atoms with Gasteiger partial charge in [0.1, 0.15) is 5.69 Å². The van der Waals surface area contributed by atoms with Gasteiger partial charge in [-0.2, -0.15) is 32.6 Å². The largest absolute Gasteiger partial charge is 0.480 e. The van der Waals surface area contributed by atoms with Gasteiger partial charge in [-0.15, -0.1) is 0 Å². The van der Waals surface area contributed by atoms with Gasteiger partial charge in [-0.05, 0) is 6.07 Å². The highest BCUT2D eigenvalue weighted by Crippen LogP contribution is 2.37. The Kier molecular flexibility index (Phi) is 3.13. The first-order chi connectivity index (χ1) is 8.84. The number of halogens is 4. The molecule has 9 heteroatoms. The zero-order chi connectivity index (χ0) is 14.2. The number of alkyl halides is 3. The van der Waals surface area contributed by atoms with E-state index in [1.165, 1.54) is 24.0 Å². The standard InChI is InChI=1S/C10H8F4N4O/c1-18-5(3-4-15-18)8-16-7(11)6(10(12,13)14)9(17-8)19-2/h3-4H,1-2H3. The third kappa shape index (κ3) is 2.35. The lowest BCUT2D eigenvalue weighted by Gasteiger charge is -2.12. The molecule has 102 valence electrons. The normalized spacial score (nSPS) is 11.7. The number of rotatable bonds is 2. The molecule has 0 bridgehead atoms. The lowest BCUT2D eigenvalue weighted by atomic mass is 10.3. The van der Waals surface area contributed by atoms with E-state index in [1.807, 2.05) is 0 Å². The van der Waals surface area contributed by atoms with Crippen molar-refractivity contribution in [3.8, 4) is 17.4 Å². The third-order valence-electron chi connectivity index (χ3n) is 2.36. The van der Waals surface area contributed by atoms with Crippen LogP contribution >= 0.6 is 0 Å². The molecule has 0 aliphatic carbocycles. The van der Waals surface area contributed by atoms with Gasteiger partial charge in [0.05, 0.1) is 7.11 Å². The molecule has 0 fully saturated rings. The maximum Gasteiger partial charge on any atom is 0.426 e. The van der Waals surface area contributed by atoms with Crippen LogP contribution in [0.15, 0.2) is 12.3 Å². The van der Waals surface area contributed by atoms with Crippen molar-refractivity contribution < 1.29 is 22.3 Å². The van der Waals surface area contributed by atoms with Gasteiger partial charge in [0.2, 0.25) is 11.8 Å². The number of methoxy groups -OCH3 is 1. The highest BCUT2D eigenvalue weighted by molar-refractivity contribution is 5.50. The van der Waals surface area contributed by atoms with Gasteiger partial charge in [0.25, 0.3) is 0 Å². The summed E-state index contributed by atoms with van der Waals surface area (Å²) in [6.07, 6.45) is -3.54. The first kappa shape index (κ1) is 13.2. The SMILES string of the molecule is COc1nc(-c2ccnn2C)nc(F)c1C(F)(F)F. The molecule has 2 rings (SSSR count). The molecule has 0 aliphatic rings. The van der Waals surface area contributed by atoms with Crippen LogP contribution in [0.25, 0.3) is 11.5 Å². The van der Waals surface area contributed by atoms with Gasteiger partial charge >= 0.3 is 6.18 Å². The molecule has 5 nitrogen and oxygen atoms in total. The van der Waals surface area contributed by atoms with Crippen LogP contribution in [0.5, 0.6) is 5.88 Å². The van der Waals surface area contributed by atoms with Crippen LogP contribution in [-0.4, -0.2) is 26.9 Å². The van der Waals surface area contributed by atoms with Crippen LogP contribution in [0, 0.1) is 5.95 Å². The van der Waals surface area contributed by atoms with E-state index in [9.17, 15) is 17.6 Å². The third-order valence-corrected chi connectivity index (χ3v) is 2.36. The summed E-state index contributed by atoms with van der Waals surface area (Å²) < 4.78 is 57.2. The second kappa shape index (κ2) is 4.48. The van der Waals surface area contributed by atoms with Crippen LogP contribution in [0.1, 0.15) is 5.56 Å². The first-order valence-electron chi connectivity index (χ1n) is 5.01. The summed E-state index contributed by atoms with van der Waals surface area (Å²) in [5.74, 6) is -2.78. The minimum absolute atomic E-state index is 0.234. The number of hydrogen-bond donors (Lipinski definition) is 0. The molecule has 0 amide bonds. The average Bonchev–Trinajstić information content (AvgIpc) is 2.72. The molecule has 0 N–H and O–H groups in total. The summed E-state index contributed by atoms with van der Waals surface area (Å²) in [5.41, 5.74) is -1.35. The molecule has 19 heavy (non-hydrogen) atoms. The van der Waals surface area contributed by atoms with Crippen LogP contribution in [0.4, 0.5) is 17.6 Å². The first-order valence-corrected chi connectivity index (χ1v) is 5.01. The van der Waals surface area contributed by atoms with Gasteiger partial charge in [0, 0.05) is 13.2 Å². The van der Waals surface area contributed by atoms with Crippen molar-refractivity contribution >= 4 is 0 Å². The molecule has 2 heterocycles. The molecule has 0 unspecified atom stereocenters. The summed E-state index contributed by atoms with van der Waals surface area (Å²) in [5, 5.41) is 3.80. The van der Waals surface area contributed by atoms with E-state index in [1.54, 1.807) is 0 Å². The highest BCUT2D eigenvalue weighted by atomic mass is 19.4. The zero-order valence-corrected chi connectivity index (χ0v) is 9.86. The molecule has 0 saturated heterocycles. The predicted octanol–water partition coefficient (Wildman–Crippen LogP) is 2.04. The summed E-state index contributed by atoms with van der Waals surface area (Å²) in [7, 11) is 2.50. The second-order valence-corrected chi connectivity index (χ2v) is 3.56. The van der Waals surface area contributed by atoms with E-state index in [4.69, 9.17) is 0 Å². The summed E-state index contributed by atoms with van der Waals surface area (Å²) in [4.78, 5) is 6.78. The second-order valence-electron chi connectivity index (χ2n) is 3.56. The van der Waals surface area contributed by atoms with Crippen molar-refractivity contribution in [3.05, 3.63) is 23.8 Å². The van der Waals surface area contributed by atoms with Crippen molar-refractivity contribution in [3.63, 3.8) is 0 Å². The number of ether oxygens (including phenoxy) is 1. The number of aromatic nitrogens is 4. The van der Waals surface area contributed by atoms with Gasteiger partial charge in [-0.25, -0.2) is 0 Å². The minimum Gasteiger partial charge on any atom is -0.480 e. The quantitative estimate of drug-likeness (QED) is 0.622. The van der Waals surface area contributed by atoms with E-state index in [0.29, 0.717) is 0 Å². The Balaban J connectivity index is 2.64. The molecule has 0 aliphatic heterocycles. The average molecular weight is 276 g/mol. The van der Waals surface area contributed by atoms with Gasteiger partial charge in [-0.1, -0.05) is 0 Å². The maximum absolute atomic E-state index is 13.5. The topological polar surface area (TPSA) is 52.8 Å². The van der Waals surface area contributed by atoms with Crippen LogP contribution in [0.2, 0.25) is 0 Å². The Morgan fingerprint density at radius 3 is 2.42 bits per heavy atom. The molecule has 0 radical (unpaired) electrons. The minimum atomic E-state index is -4.93. The monoisotopic (exact) mass is 276 g/mol. The lowest BCUT2D eigenvalue weighted by molar-refractivity contribution is -0.142. The smallest absolute Gasteiger partial charge is 0.426 e. The lowest BCUT2D eigenvalue weighted by Crippen LogP contribution is -2.14. The molecule has 2 aromatic rings. The number of nitrogens with zero attached hydrogens (tertiary/aromatic N) is 4. The highest BCUT2D eigenvalue weighted by Gasteiger charge is 2.40. The Morgan fingerprint density at radius 1 is 1.26 bits per heavy atom. The van der Waals surface area contributed by atoms with E-state index in [-0.39, 0.29) is 11.5 Å². The number of hydrogen-bond acceptors (Lipinski definition) is 4. The van der Waals surface area contributed by atoms with Crippen molar-refractivity contribution in [1.29, 1.82) is 0 Å². The zero-order valence-electron chi connectivity index (χ0n) is 9.86. The molecule has 0 aromatic carbocycles. The summed E-state index contributed by atoms with van der Waals surface area (Å²) >= 11 is 0. The fourth-order valence-corrected chi connectivity index (χ4v) is 1.51. The molecule has 2 aromatic heterocycles. The fourth-order valence-electron chi connectivity index (χ4n) is 1.51. The Labute approximate surface area is 104 Å². The van der Waals surface area contributed by atoms with Gasteiger partial charge in [-0.3, -0.25) is 4.68 Å². The summed E-state index contributed by atoms with van der Waals surface area (Å²) in [6, 6.07) is 1.45. The van der Waals surface area contributed by atoms with Crippen LogP contribution in [0.3, 0.4) is 0 Å². The Hall–Kier alpha value is -2.19. The van der Waals surface area contributed by atoms with Crippen molar-refractivity contribution in [2.75, 3.05) is 7.11 Å². The number of aryl methyl sites for hydroxylation is 1. The van der Waals surface area contributed by atoms with E-state index in [0.717, 1.165) is 7.11 Å². The Morgan fingerprint density at radius 2 is 1.95 bits per heavy atom. The molecular formula is C10H8F4N4O. The Bertz CT molecular complexity index is 608. The summed E-state index contributed by atoms with van der Waals surface area (Å²) in [6.45, 7) is 0. The van der Waals surface area contributed by atoms with Crippen molar-refractivity contribution in [2.24, 2.45) is 7.05 Å². The maximum atomic E-state index is 13.5. The van der Waals surface area contributed by atoms with Crippen molar-refractivity contribution in [2.45, 2.75) is 6.18 Å².